The molecule has 0 spiro atoms. The Morgan fingerprint density at radius 1 is 1.05 bits per heavy atom. The van der Waals surface area contributed by atoms with Crippen molar-refractivity contribution in [2.24, 2.45) is 0 Å². The predicted octanol–water partition coefficient (Wildman–Crippen LogP) is 4.14. The first-order valence-electron chi connectivity index (χ1n) is 6.45. The molecule has 2 aromatic rings. The topological polar surface area (TPSA) is 21.3 Å². The molecule has 2 aromatic carbocycles. The van der Waals surface area contributed by atoms with E-state index in [1.165, 1.54) is 11.1 Å². The summed E-state index contributed by atoms with van der Waals surface area (Å²) in [7, 11) is 0. The Morgan fingerprint density at radius 2 is 1.79 bits per heavy atom. The maximum atomic E-state index is 5.75. The van der Waals surface area contributed by atoms with Crippen molar-refractivity contribution in [1.29, 1.82) is 0 Å². The van der Waals surface area contributed by atoms with Gasteiger partial charge in [-0.25, -0.2) is 0 Å². The summed E-state index contributed by atoms with van der Waals surface area (Å²) in [6.45, 7) is 4.62. The lowest BCUT2D eigenvalue weighted by Gasteiger charge is -2.08. The van der Waals surface area contributed by atoms with Crippen LogP contribution < -0.4 is 10.1 Å². The second-order valence-corrected chi connectivity index (χ2v) is 5.26. The highest BCUT2D eigenvalue weighted by atomic mass is 79.9. The molecule has 2 rings (SSSR count). The lowest BCUT2D eigenvalue weighted by molar-refractivity contribution is 0.306. The van der Waals surface area contributed by atoms with Gasteiger partial charge >= 0.3 is 0 Å². The Morgan fingerprint density at radius 3 is 2.47 bits per heavy atom. The van der Waals surface area contributed by atoms with Crippen LogP contribution in [0.1, 0.15) is 18.1 Å². The van der Waals surface area contributed by atoms with Crippen molar-refractivity contribution in [2.75, 3.05) is 6.54 Å². The molecule has 0 aliphatic carbocycles. The maximum Gasteiger partial charge on any atom is 0.120 e. The van der Waals surface area contributed by atoms with Gasteiger partial charge in [0.25, 0.3) is 0 Å². The number of halogens is 1. The molecule has 0 bridgehead atoms. The van der Waals surface area contributed by atoms with Crippen LogP contribution in [0.4, 0.5) is 0 Å². The quantitative estimate of drug-likeness (QED) is 0.864. The highest BCUT2D eigenvalue weighted by molar-refractivity contribution is 9.10. The van der Waals surface area contributed by atoms with Crippen molar-refractivity contribution in [1.82, 2.24) is 5.32 Å². The van der Waals surface area contributed by atoms with E-state index in [1.807, 2.05) is 24.3 Å². The fourth-order valence-corrected chi connectivity index (χ4v) is 2.12. The molecule has 0 atom stereocenters. The molecular formula is C16H18BrNO. The SMILES string of the molecule is CCNCc1ccc(COc2cccc(Br)c2)cc1. The summed E-state index contributed by atoms with van der Waals surface area (Å²) in [5.41, 5.74) is 2.48. The first-order chi connectivity index (χ1) is 9.28. The van der Waals surface area contributed by atoms with Gasteiger partial charge in [0.1, 0.15) is 12.4 Å². The fraction of sp³-hybridized carbons (Fsp3) is 0.250. The molecule has 0 unspecified atom stereocenters. The molecule has 3 heteroatoms. The molecule has 0 heterocycles. The lowest BCUT2D eigenvalue weighted by Crippen LogP contribution is -2.11. The summed E-state index contributed by atoms with van der Waals surface area (Å²) < 4.78 is 6.78. The number of rotatable bonds is 6. The second-order valence-electron chi connectivity index (χ2n) is 4.34. The molecule has 1 N–H and O–H groups in total. The van der Waals surface area contributed by atoms with Crippen molar-refractivity contribution in [3.05, 3.63) is 64.1 Å². The fourth-order valence-electron chi connectivity index (χ4n) is 1.75. The summed E-state index contributed by atoms with van der Waals surface area (Å²) in [6.07, 6.45) is 0. The Bertz CT molecular complexity index is 510. The smallest absolute Gasteiger partial charge is 0.120 e. The number of nitrogens with one attached hydrogen (secondary N) is 1. The molecule has 100 valence electrons. The minimum absolute atomic E-state index is 0.595. The molecule has 0 saturated heterocycles. The van der Waals surface area contributed by atoms with Gasteiger partial charge in [-0.15, -0.1) is 0 Å². The zero-order valence-corrected chi connectivity index (χ0v) is 12.6. The van der Waals surface area contributed by atoms with Crippen LogP contribution in [-0.2, 0) is 13.2 Å². The molecule has 0 aliphatic heterocycles. The van der Waals surface area contributed by atoms with Crippen LogP contribution in [-0.4, -0.2) is 6.54 Å². The molecular weight excluding hydrogens is 302 g/mol. The maximum absolute atomic E-state index is 5.75. The van der Waals surface area contributed by atoms with Crippen molar-refractivity contribution < 1.29 is 4.74 Å². The van der Waals surface area contributed by atoms with Crippen molar-refractivity contribution >= 4 is 15.9 Å². The monoisotopic (exact) mass is 319 g/mol. The molecule has 0 aromatic heterocycles. The van der Waals surface area contributed by atoms with Gasteiger partial charge in [-0.1, -0.05) is 53.2 Å². The normalized spacial score (nSPS) is 10.4. The molecule has 0 fully saturated rings. The molecule has 0 saturated carbocycles. The van der Waals surface area contributed by atoms with E-state index in [4.69, 9.17) is 4.74 Å². The highest BCUT2D eigenvalue weighted by Gasteiger charge is 1.98. The van der Waals surface area contributed by atoms with Gasteiger partial charge < -0.3 is 10.1 Å². The minimum Gasteiger partial charge on any atom is -0.489 e. The van der Waals surface area contributed by atoms with Gasteiger partial charge in [0.2, 0.25) is 0 Å². The number of ether oxygens (including phenoxy) is 1. The van der Waals surface area contributed by atoms with Crippen LogP contribution >= 0.6 is 15.9 Å². The second kappa shape index (κ2) is 7.31. The lowest BCUT2D eigenvalue weighted by atomic mass is 10.1. The third-order valence-electron chi connectivity index (χ3n) is 2.80. The third-order valence-corrected chi connectivity index (χ3v) is 3.30. The van der Waals surface area contributed by atoms with Crippen LogP contribution in [0.3, 0.4) is 0 Å². The Balaban J connectivity index is 1.89. The molecule has 0 radical (unpaired) electrons. The Kier molecular flexibility index (Phi) is 5.43. The average molecular weight is 320 g/mol. The van der Waals surface area contributed by atoms with Crippen molar-refractivity contribution in [3.8, 4) is 5.75 Å². The minimum atomic E-state index is 0.595. The van der Waals surface area contributed by atoms with E-state index < -0.39 is 0 Å². The van der Waals surface area contributed by atoms with E-state index in [-0.39, 0.29) is 0 Å². The van der Waals surface area contributed by atoms with Crippen LogP contribution in [0, 0.1) is 0 Å². The molecule has 0 aliphatic rings. The first kappa shape index (κ1) is 14.1. The standard InChI is InChI=1S/C16H18BrNO/c1-2-18-11-13-6-8-14(9-7-13)12-19-16-5-3-4-15(17)10-16/h3-10,18H,2,11-12H2,1H3. The summed E-state index contributed by atoms with van der Waals surface area (Å²) in [5, 5.41) is 3.31. The third kappa shape index (κ3) is 4.69. The van der Waals surface area contributed by atoms with E-state index in [0.29, 0.717) is 6.61 Å². The first-order valence-corrected chi connectivity index (χ1v) is 7.24. The van der Waals surface area contributed by atoms with Crippen molar-refractivity contribution in [2.45, 2.75) is 20.1 Å². The van der Waals surface area contributed by atoms with Gasteiger partial charge in [-0.05, 0) is 35.9 Å². The van der Waals surface area contributed by atoms with Gasteiger partial charge in [-0.2, -0.15) is 0 Å². The van der Waals surface area contributed by atoms with Gasteiger partial charge in [0.05, 0.1) is 0 Å². The van der Waals surface area contributed by atoms with E-state index in [2.05, 4.69) is 52.4 Å². The van der Waals surface area contributed by atoms with E-state index >= 15 is 0 Å². The molecule has 19 heavy (non-hydrogen) atoms. The summed E-state index contributed by atoms with van der Waals surface area (Å²) in [6, 6.07) is 16.4. The molecule has 0 amide bonds. The number of hydrogen-bond acceptors (Lipinski definition) is 2. The Hall–Kier alpha value is -1.32. The summed E-state index contributed by atoms with van der Waals surface area (Å²) in [5.74, 6) is 0.881. The molecule has 2 nitrogen and oxygen atoms in total. The number of benzene rings is 2. The summed E-state index contributed by atoms with van der Waals surface area (Å²) >= 11 is 3.43. The van der Waals surface area contributed by atoms with Gasteiger partial charge in [0.15, 0.2) is 0 Å². The van der Waals surface area contributed by atoms with Gasteiger partial charge in [0, 0.05) is 11.0 Å². The van der Waals surface area contributed by atoms with Crippen LogP contribution in [0.5, 0.6) is 5.75 Å². The van der Waals surface area contributed by atoms with Gasteiger partial charge in [-0.3, -0.25) is 0 Å². The zero-order valence-electron chi connectivity index (χ0n) is 11.0. The predicted molar refractivity (Wildman–Crippen MR) is 82.3 cm³/mol. The Labute approximate surface area is 122 Å². The average Bonchev–Trinajstić information content (AvgIpc) is 2.44. The highest BCUT2D eigenvalue weighted by Crippen LogP contribution is 2.19. The van der Waals surface area contributed by atoms with Crippen LogP contribution in [0.25, 0.3) is 0 Å². The van der Waals surface area contributed by atoms with Crippen LogP contribution in [0.15, 0.2) is 53.0 Å². The van der Waals surface area contributed by atoms with Crippen LogP contribution in [0.2, 0.25) is 0 Å². The summed E-state index contributed by atoms with van der Waals surface area (Å²) in [4.78, 5) is 0. The van der Waals surface area contributed by atoms with E-state index in [9.17, 15) is 0 Å². The largest absolute Gasteiger partial charge is 0.489 e. The van der Waals surface area contributed by atoms with E-state index in [0.717, 1.165) is 23.3 Å². The zero-order chi connectivity index (χ0) is 13.5. The van der Waals surface area contributed by atoms with Crippen molar-refractivity contribution in [3.63, 3.8) is 0 Å². The number of hydrogen-bond donors (Lipinski definition) is 1. The van der Waals surface area contributed by atoms with E-state index in [1.54, 1.807) is 0 Å².